The van der Waals surface area contributed by atoms with Gasteiger partial charge in [0.05, 0.1) is 0 Å². The van der Waals surface area contributed by atoms with E-state index in [9.17, 15) is 4.79 Å². The maximum Gasteiger partial charge on any atom is 0.251 e. The first-order valence-corrected chi connectivity index (χ1v) is 4.93. The zero-order valence-electron chi connectivity index (χ0n) is 9.16. The predicted molar refractivity (Wildman–Crippen MR) is 59.4 cm³/mol. The van der Waals surface area contributed by atoms with Crippen LogP contribution in [0.3, 0.4) is 0 Å². The molecule has 0 radical (unpaired) electrons. The van der Waals surface area contributed by atoms with Crippen molar-refractivity contribution in [3.63, 3.8) is 0 Å². The fraction of sp³-hybridized carbons (Fsp3) is 0.455. The Balaban J connectivity index is 2.51. The first-order chi connectivity index (χ1) is 7.05. The van der Waals surface area contributed by atoms with E-state index in [0.29, 0.717) is 18.7 Å². The molecule has 1 aromatic heterocycles. The van der Waals surface area contributed by atoms with Crippen LogP contribution in [0.2, 0.25) is 0 Å². The molecule has 82 valence electrons. The summed E-state index contributed by atoms with van der Waals surface area (Å²) in [5, 5.41) is 2.84. The van der Waals surface area contributed by atoms with Crippen LogP contribution in [0.15, 0.2) is 24.5 Å². The van der Waals surface area contributed by atoms with E-state index in [0.717, 1.165) is 0 Å². The van der Waals surface area contributed by atoms with Gasteiger partial charge in [-0.3, -0.25) is 9.78 Å². The molecule has 4 nitrogen and oxygen atoms in total. The molecule has 1 heterocycles. The second kappa shape index (κ2) is 4.89. The van der Waals surface area contributed by atoms with Crippen LogP contribution < -0.4 is 11.1 Å². The van der Waals surface area contributed by atoms with Crippen LogP contribution in [-0.2, 0) is 0 Å². The normalized spacial score (nSPS) is 11.1. The highest BCUT2D eigenvalue weighted by molar-refractivity contribution is 5.93. The Hall–Kier alpha value is -1.42. The van der Waals surface area contributed by atoms with E-state index in [2.05, 4.69) is 10.3 Å². The first kappa shape index (κ1) is 11.7. The third kappa shape index (κ3) is 3.67. The van der Waals surface area contributed by atoms with Gasteiger partial charge in [0.2, 0.25) is 0 Å². The largest absolute Gasteiger partial charge is 0.351 e. The molecule has 0 aromatic carbocycles. The lowest BCUT2D eigenvalue weighted by molar-refractivity contribution is 0.0938. The van der Waals surface area contributed by atoms with Crippen molar-refractivity contribution in [2.75, 3.05) is 13.1 Å². The van der Waals surface area contributed by atoms with Gasteiger partial charge in [-0.15, -0.1) is 0 Å². The average Bonchev–Trinajstić information content (AvgIpc) is 2.27. The molecule has 1 amide bonds. The number of aromatic nitrogens is 1. The Morgan fingerprint density at radius 3 is 2.60 bits per heavy atom. The highest BCUT2D eigenvalue weighted by Gasteiger charge is 2.16. The van der Waals surface area contributed by atoms with Crippen LogP contribution in [0, 0.1) is 5.41 Å². The lowest BCUT2D eigenvalue weighted by Crippen LogP contribution is -2.38. The highest BCUT2D eigenvalue weighted by Crippen LogP contribution is 2.10. The average molecular weight is 207 g/mol. The molecule has 3 N–H and O–H groups in total. The van der Waals surface area contributed by atoms with Gasteiger partial charge in [-0.2, -0.15) is 0 Å². The monoisotopic (exact) mass is 207 g/mol. The van der Waals surface area contributed by atoms with Gasteiger partial charge in [-0.1, -0.05) is 13.8 Å². The summed E-state index contributed by atoms with van der Waals surface area (Å²) in [7, 11) is 0. The molecule has 0 fully saturated rings. The number of rotatable bonds is 4. The van der Waals surface area contributed by atoms with Crippen LogP contribution in [0.1, 0.15) is 24.2 Å². The van der Waals surface area contributed by atoms with E-state index in [1.54, 1.807) is 24.5 Å². The van der Waals surface area contributed by atoms with Gasteiger partial charge >= 0.3 is 0 Å². The molecule has 4 heteroatoms. The van der Waals surface area contributed by atoms with Crippen molar-refractivity contribution in [3.8, 4) is 0 Å². The number of hydrogen-bond acceptors (Lipinski definition) is 3. The van der Waals surface area contributed by atoms with Crippen LogP contribution in [0.4, 0.5) is 0 Å². The molecule has 0 atom stereocenters. The second-order valence-corrected chi connectivity index (χ2v) is 4.29. The molecule has 0 aliphatic heterocycles. The van der Waals surface area contributed by atoms with Gasteiger partial charge < -0.3 is 11.1 Å². The number of hydrogen-bond donors (Lipinski definition) is 2. The number of nitrogens with one attached hydrogen (secondary N) is 1. The molecule has 1 rings (SSSR count). The zero-order valence-corrected chi connectivity index (χ0v) is 9.16. The van der Waals surface area contributed by atoms with E-state index < -0.39 is 0 Å². The van der Waals surface area contributed by atoms with Crippen molar-refractivity contribution in [1.82, 2.24) is 10.3 Å². The van der Waals surface area contributed by atoms with Crippen molar-refractivity contribution < 1.29 is 4.79 Å². The molecule has 0 aliphatic rings. The Labute approximate surface area is 89.9 Å². The molecule has 15 heavy (non-hydrogen) atoms. The lowest BCUT2D eigenvalue weighted by atomic mass is 9.94. The van der Waals surface area contributed by atoms with E-state index in [4.69, 9.17) is 5.73 Å². The zero-order chi connectivity index (χ0) is 11.3. The van der Waals surface area contributed by atoms with Gasteiger partial charge in [0.25, 0.3) is 5.91 Å². The van der Waals surface area contributed by atoms with Gasteiger partial charge in [-0.25, -0.2) is 0 Å². The number of carbonyl (C=O) groups excluding carboxylic acids is 1. The minimum Gasteiger partial charge on any atom is -0.351 e. The van der Waals surface area contributed by atoms with Crippen LogP contribution in [-0.4, -0.2) is 24.0 Å². The SMILES string of the molecule is CC(C)(CN)CNC(=O)c1ccncc1. The Morgan fingerprint density at radius 2 is 2.07 bits per heavy atom. The molecule has 0 bridgehead atoms. The number of amides is 1. The van der Waals surface area contributed by atoms with Gasteiger partial charge in [-0.05, 0) is 24.1 Å². The summed E-state index contributed by atoms with van der Waals surface area (Å²) in [5.41, 5.74) is 6.13. The van der Waals surface area contributed by atoms with Crippen LogP contribution >= 0.6 is 0 Å². The predicted octanol–water partition coefficient (Wildman–Crippen LogP) is 0.796. The summed E-state index contributed by atoms with van der Waals surface area (Å²) in [5.74, 6) is -0.0843. The van der Waals surface area contributed by atoms with Crippen molar-refractivity contribution in [3.05, 3.63) is 30.1 Å². The van der Waals surface area contributed by atoms with Crippen molar-refractivity contribution >= 4 is 5.91 Å². The van der Waals surface area contributed by atoms with E-state index in [-0.39, 0.29) is 11.3 Å². The first-order valence-electron chi connectivity index (χ1n) is 4.93. The maximum atomic E-state index is 11.6. The van der Waals surface area contributed by atoms with E-state index >= 15 is 0 Å². The number of carbonyl (C=O) groups is 1. The molecular weight excluding hydrogens is 190 g/mol. The fourth-order valence-corrected chi connectivity index (χ4v) is 0.997. The van der Waals surface area contributed by atoms with Crippen molar-refractivity contribution in [2.24, 2.45) is 11.1 Å². The van der Waals surface area contributed by atoms with Gasteiger partial charge in [0, 0.05) is 24.5 Å². The smallest absolute Gasteiger partial charge is 0.251 e. The lowest BCUT2D eigenvalue weighted by Gasteiger charge is -2.22. The highest BCUT2D eigenvalue weighted by atomic mass is 16.1. The molecule has 0 saturated carbocycles. The topological polar surface area (TPSA) is 68.0 Å². The molecule has 0 aliphatic carbocycles. The van der Waals surface area contributed by atoms with E-state index in [1.807, 2.05) is 13.8 Å². The molecule has 0 saturated heterocycles. The number of nitrogens with zero attached hydrogens (tertiary/aromatic N) is 1. The van der Waals surface area contributed by atoms with Gasteiger partial charge in [0.1, 0.15) is 0 Å². The third-order valence-electron chi connectivity index (χ3n) is 2.22. The molecule has 0 unspecified atom stereocenters. The third-order valence-corrected chi connectivity index (χ3v) is 2.22. The molecular formula is C11H17N3O. The van der Waals surface area contributed by atoms with Crippen molar-refractivity contribution in [1.29, 1.82) is 0 Å². The Bertz CT molecular complexity index is 322. The quantitative estimate of drug-likeness (QED) is 0.767. The maximum absolute atomic E-state index is 11.6. The number of pyridine rings is 1. The van der Waals surface area contributed by atoms with Gasteiger partial charge in [0.15, 0.2) is 0 Å². The minimum atomic E-state index is -0.0843. The summed E-state index contributed by atoms with van der Waals surface area (Å²) >= 11 is 0. The Morgan fingerprint density at radius 1 is 1.47 bits per heavy atom. The summed E-state index contributed by atoms with van der Waals surface area (Å²) in [6, 6.07) is 3.37. The summed E-state index contributed by atoms with van der Waals surface area (Å²) < 4.78 is 0. The molecule has 1 aromatic rings. The van der Waals surface area contributed by atoms with Crippen molar-refractivity contribution in [2.45, 2.75) is 13.8 Å². The Kier molecular flexibility index (Phi) is 3.80. The van der Waals surface area contributed by atoms with Crippen LogP contribution in [0.5, 0.6) is 0 Å². The summed E-state index contributed by atoms with van der Waals surface area (Å²) in [4.78, 5) is 15.5. The van der Waals surface area contributed by atoms with Crippen LogP contribution in [0.25, 0.3) is 0 Å². The second-order valence-electron chi connectivity index (χ2n) is 4.29. The van der Waals surface area contributed by atoms with E-state index in [1.165, 1.54) is 0 Å². The summed E-state index contributed by atoms with van der Waals surface area (Å²) in [6.07, 6.45) is 3.20. The number of nitrogens with two attached hydrogens (primary N) is 1. The fourth-order valence-electron chi connectivity index (χ4n) is 0.997. The summed E-state index contributed by atoms with van der Waals surface area (Å²) in [6.45, 7) is 5.15. The molecule has 0 spiro atoms. The standard InChI is InChI=1S/C11H17N3O/c1-11(2,7-12)8-14-10(15)9-3-5-13-6-4-9/h3-6H,7-8,12H2,1-2H3,(H,14,15). The minimum absolute atomic E-state index is 0.0668.